The van der Waals surface area contributed by atoms with Crippen LogP contribution in [0.25, 0.3) is 0 Å². The number of sulfonamides is 1. The highest BCUT2D eigenvalue weighted by Gasteiger charge is 2.37. The van der Waals surface area contributed by atoms with Crippen LogP contribution in [-0.2, 0) is 10.0 Å². The van der Waals surface area contributed by atoms with E-state index in [1.165, 1.54) is 23.6 Å². The van der Waals surface area contributed by atoms with E-state index < -0.39 is 10.0 Å². The molecule has 0 saturated carbocycles. The van der Waals surface area contributed by atoms with Gasteiger partial charge in [0.05, 0.1) is 5.75 Å². The molecule has 1 spiro atoms. The molecule has 0 amide bonds. The van der Waals surface area contributed by atoms with E-state index in [1.807, 2.05) is 0 Å². The SMILES string of the molecule is CN(C)S(=O)(=O)CCCN1CCCC2(CCNC2)C1.Cl.Cl. The molecule has 21 heavy (non-hydrogen) atoms. The molecule has 0 radical (unpaired) electrons. The third-order valence-corrected chi connectivity index (χ3v) is 6.42. The van der Waals surface area contributed by atoms with Crippen molar-refractivity contribution < 1.29 is 8.42 Å². The van der Waals surface area contributed by atoms with Crippen LogP contribution in [0.15, 0.2) is 0 Å². The summed E-state index contributed by atoms with van der Waals surface area (Å²) in [6.07, 6.45) is 4.60. The minimum absolute atomic E-state index is 0. The number of nitrogens with zero attached hydrogens (tertiary/aromatic N) is 2. The largest absolute Gasteiger partial charge is 0.316 e. The average Bonchev–Trinajstić information content (AvgIpc) is 2.77. The molecule has 2 rings (SSSR count). The number of rotatable bonds is 5. The van der Waals surface area contributed by atoms with Gasteiger partial charge < -0.3 is 10.2 Å². The average molecular weight is 362 g/mol. The molecule has 0 aromatic rings. The zero-order valence-corrected chi connectivity index (χ0v) is 15.5. The van der Waals surface area contributed by atoms with Gasteiger partial charge in [-0.1, -0.05) is 0 Å². The van der Waals surface area contributed by atoms with Gasteiger partial charge in [-0.05, 0) is 50.7 Å². The molecular weight excluding hydrogens is 333 g/mol. The second kappa shape index (κ2) is 8.89. The molecule has 0 aliphatic carbocycles. The third kappa shape index (κ3) is 5.84. The lowest BCUT2D eigenvalue weighted by atomic mass is 9.79. The molecule has 2 saturated heterocycles. The molecule has 2 aliphatic rings. The second-order valence-corrected chi connectivity index (χ2v) is 8.56. The predicted octanol–water partition coefficient (Wildman–Crippen LogP) is 1.19. The van der Waals surface area contributed by atoms with Crippen molar-refractivity contribution in [2.24, 2.45) is 5.41 Å². The van der Waals surface area contributed by atoms with Gasteiger partial charge in [0.2, 0.25) is 10.0 Å². The van der Waals surface area contributed by atoms with Gasteiger partial charge in [0.1, 0.15) is 0 Å². The second-order valence-electron chi connectivity index (χ2n) is 6.26. The Kier molecular flexibility index (Phi) is 9.06. The number of hydrogen-bond donors (Lipinski definition) is 1. The minimum atomic E-state index is -3.03. The molecule has 5 nitrogen and oxygen atoms in total. The maximum absolute atomic E-state index is 11.7. The summed E-state index contributed by atoms with van der Waals surface area (Å²) in [5, 5.41) is 3.47. The van der Waals surface area contributed by atoms with Crippen LogP contribution in [0.3, 0.4) is 0 Å². The van der Waals surface area contributed by atoms with E-state index in [9.17, 15) is 8.42 Å². The first-order valence-electron chi connectivity index (χ1n) is 7.27. The Morgan fingerprint density at radius 2 is 1.95 bits per heavy atom. The molecule has 1 N–H and O–H groups in total. The number of likely N-dealkylation sites (tertiary alicyclic amines) is 1. The van der Waals surface area contributed by atoms with E-state index in [0.717, 1.165) is 39.1 Å². The van der Waals surface area contributed by atoms with Gasteiger partial charge >= 0.3 is 0 Å². The molecule has 0 aromatic heterocycles. The molecule has 128 valence electrons. The summed E-state index contributed by atoms with van der Waals surface area (Å²) in [4.78, 5) is 2.46. The van der Waals surface area contributed by atoms with Gasteiger partial charge in [0.25, 0.3) is 0 Å². The van der Waals surface area contributed by atoms with Gasteiger partial charge in [-0.3, -0.25) is 0 Å². The standard InChI is InChI=1S/C13H27N3O2S.2ClH/c1-15(2)19(17,18)10-4-9-16-8-3-5-13(12-16)6-7-14-11-13;;/h14H,3-12H2,1-2H3;2*1H. The van der Waals surface area contributed by atoms with E-state index in [-0.39, 0.29) is 30.6 Å². The van der Waals surface area contributed by atoms with Gasteiger partial charge in [0.15, 0.2) is 0 Å². The summed E-state index contributed by atoms with van der Waals surface area (Å²) in [7, 11) is 0.181. The highest BCUT2D eigenvalue weighted by molar-refractivity contribution is 7.89. The molecule has 2 fully saturated rings. The first-order chi connectivity index (χ1) is 8.94. The van der Waals surface area contributed by atoms with Crippen LogP contribution >= 0.6 is 24.8 Å². The fraction of sp³-hybridized carbons (Fsp3) is 1.00. The highest BCUT2D eigenvalue weighted by atomic mass is 35.5. The van der Waals surface area contributed by atoms with Crippen LogP contribution in [0.2, 0.25) is 0 Å². The van der Waals surface area contributed by atoms with Gasteiger partial charge in [-0.2, -0.15) is 0 Å². The van der Waals surface area contributed by atoms with Crippen molar-refractivity contribution in [3.05, 3.63) is 0 Å². The van der Waals surface area contributed by atoms with Crippen molar-refractivity contribution in [1.29, 1.82) is 0 Å². The molecule has 1 unspecified atom stereocenters. The van der Waals surface area contributed by atoms with Gasteiger partial charge in [0, 0.05) is 27.2 Å². The molecular formula is C13H29Cl2N3O2S. The minimum Gasteiger partial charge on any atom is -0.316 e. The molecule has 2 aliphatic heterocycles. The van der Waals surface area contributed by atoms with Crippen LogP contribution in [0, 0.1) is 5.41 Å². The monoisotopic (exact) mass is 361 g/mol. The van der Waals surface area contributed by atoms with E-state index in [4.69, 9.17) is 0 Å². The van der Waals surface area contributed by atoms with Crippen LogP contribution in [0.1, 0.15) is 25.7 Å². The lowest BCUT2D eigenvalue weighted by Gasteiger charge is -2.40. The normalized spacial score (nSPS) is 26.6. The fourth-order valence-corrected chi connectivity index (χ4v) is 4.16. The lowest BCUT2D eigenvalue weighted by molar-refractivity contribution is 0.104. The summed E-state index contributed by atoms with van der Waals surface area (Å²) < 4.78 is 24.8. The molecule has 0 aromatic carbocycles. The Morgan fingerprint density at radius 1 is 1.24 bits per heavy atom. The van der Waals surface area contributed by atoms with Crippen molar-refractivity contribution in [2.45, 2.75) is 25.7 Å². The summed E-state index contributed by atoms with van der Waals surface area (Å²) in [5.74, 6) is 0.266. The van der Waals surface area contributed by atoms with Crippen molar-refractivity contribution in [1.82, 2.24) is 14.5 Å². The zero-order valence-electron chi connectivity index (χ0n) is 13.0. The van der Waals surface area contributed by atoms with Crippen LogP contribution in [-0.4, -0.2) is 70.2 Å². The van der Waals surface area contributed by atoms with Crippen LogP contribution < -0.4 is 5.32 Å². The van der Waals surface area contributed by atoms with Gasteiger partial charge in [-0.15, -0.1) is 24.8 Å². The number of hydrogen-bond acceptors (Lipinski definition) is 4. The van der Waals surface area contributed by atoms with Crippen LogP contribution in [0.5, 0.6) is 0 Å². The molecule has 2 heterocycles. The molecule has 0 bridgehead atoms. The summed E-state index contributed by atoms with van der Waals surface area (Å²) in [6, 6.07) is 0. The van der Waals surface area contributed by atoms with Crippen LogP contribution in [0.4, 0.5) is 0 Å². The van der Waals surface area contributed by atoms with E-state index >= 15 is 0 Å². The number of halogens is 2. The maximum Gasteiger partial charge on any atom is 0.213 e. The van der Waals surface area contributed by atoms with E-state index in [2.05, 4.69) is 10.2 Å². The Bertz CT molecular complexity index is 398. The molecule has 1 atom stereocenters. The van der Waals surface area contributed by atoms with Crippen molar-refractivity contribution in [3.8, 4) is 0 Å². The highest BCUT2D eigenvalue weighted by Crippen LogP contribution is 2.35. The van der Waals surface area contributed by atoms with E-state index in [1.54, 1.807) is 14.1 Å². The van der Waals surface area contributed by atoms with Crippen molar-refractivity contribution in [3.63, 3.8) is 0 Å². The first-order valence-corrected chi connectivity index (χ1v) is 8.88. The summed E-state index contributed by atoms with van der Waals surface area (Å²) in [5.41, 5.74) is 0.471. The Hall–Kier alpha value is 0.410. The number of nitrogens with one attached hydrogen (secondary N) is 1. The topological polar surface area (TPSA) is 52.7 Å². The van der Waals surface area contributed by atoms with Gasteiger partial charge in [-0.25, -0.2) is 12.7 Å². The van der Waals surface area contributed by atoms with E-state index in [0.29, 0.717) is 5.41 Å². The zero-order chi connectivity index (χ0) is 13.9. The molecule has 8 heteroatoms. The lowest BCUT2D eigenvalue weighted by Crippen LogP contribution is -2.45. The van der Waals surface area contributed by atoms with Crippen molar-refractivity contribution in [2.75, 3.05) is 52.6 Å². The first kappa shape index (κ1) is 21.4. The Labute approximate surface area is 141 Å². The summed E-state index contributed by atoms with van der Waals surface area (Å²) >= 11 is 0. The third-order valence-electron chi connectivity index (χ3n) is 4.51. The quantitative estimate of drug-likeness (QED) is 0.798. The smallest absolute Gasteiger partial charge is 0.213 e. The Balaban J connectivity index is 0.00000200. The maximum atomic E-state index is 11.7. The number of piperidine rings is 1. The fourth-order valence-electron chi connectivity index (χ4n) is 3.30. The van der Waals surface area contributed by atoms with Crippen molar-refractivity contribution >= 4 is 34.8 Å². The summed E-state index contributed by atoms with van der Waals surface area (Å²) in [6.45, 7) is 5.46. The Morgan fingerprint density at radius 3 is 2.52 bits per heavy atom. The predicted molar refractivity (Wildman–Crippen MR) is 92.2 cm³/mol.